The molecule has 0 unspecified atom stereocenters. The molecule has 8 heteroatoms. The summed E-state index contributed by atoms with van der Waals surface area (Å²) in [6.45, 7) is 2.93. The van der Waals surface area contributed by atoms with Gasteiger partial charge in [-0.3, -0.25) is 0 Å². The van der Waals surface area contributed by atoms with Crippen LogP contribution >= 0.6 is 0 Å². The maximum Gasteiger partial charge on any atom is 0.358 e. The topological polar surface area (TPSA) is 106 Å². The molecule has 18 heavy (non-hydrogen) atoms. The highest BCUT2D eigenvalue weighted by atomic mass is 16.4. The summed E-state index contributed by atoms with van der Waals surface area (Å²) < 4.78 is 1.45. The molecule has 0 amide bonds. The summed E-state index contributed by atoms with van der Waals surface area (Å²) in [6.07, 6.45) is 4.81. The molecule has 94 valence electrons. The first-order valence-corrected chi connectivity index (χ1v) is 5.31. The highest BCUT2D eigenvalue weighted by Crippen LogP contribution is 1.98. The van der Waals surface area contributed by atoms with Crippen molar-refractivity contribution >= 4 is 11.9 Å². The van der Waals surface area contributed by atoms with Crippen molar-refractivity contribution in [1.29, 1.82) is 0 Å². The molecule has 0 aliphatic heterocycles. The van der Waals surface area contributed by atoms with E-state index in [9.17, 15) is 4.79 Å². The first-order valence-electron chi connectivity index (χ1n) is 5.31. The lowest BCUT2D eigenvalue weighted by atomic mass is 10.4. The summed E-state index contributed by atoms with van der Waals surface area (Å²) in [5, 5.41) is 18.9. The van der Waals surface area contributed by atoms with Crippen LogP contribution in [0.15, 0.2) is 18.6 Å². The average molecular weight is 248 g/mol. The second kappa shape index (κ2) is 5.21. The standard InChI is InChI=1S/C10H12N6O2/c1-7-4-12-10(13-5-7)11-2-3-16-6-8(9(17)18)14-15-16/h4-6H,2-3H2,1H3,(H,17,18)(H,11,12,13). The van der Waals surface area contributed by atoms with Gasteiger partial charge in [0.1, 0.15) is 0 Å². The number of anilines is 1. The van der Waals surface area contributed by atoms with E-state index in [1.807, 2.05) is 6.92 Å². The number of rotatable bonds is 5. The lowest BCUT2D eigenvalue weighted by Gasteiger charge is -2.03. The van der Waals surface area contributed by atoms with E-state index in [4.69, 9.17) is 5.11 Å². The van der Waals surface area contributed by atoms with Crippen molar-refractivity contribution in [3.63, 3.8) is 0 Å². The zero-order chi connectivity index (χ0) is 13.0. The molecular formula is C10H12N6O2. The molecular weight excluding hydrogens is 236 g/mol. The number of aromatic nitrogens is 5. The van der Waals surface area contributed by atoms with E-state index in [0.717, 1.165) is 5.56 Å². The highest BCUT2D eigenvalue weighted by Gasteiger charge is 2.07. The maximum atomic E-state index is 10.6. The van der Waals surface area contributed by atoms with Gasteiger partial charge in [-0.2, -0.15) is 0 Å². The first-order chi connectivity index (χ1) is 8.65. The van der Waals surface area contributed by atoms with Crippen LogP contribution in [-0.2, 0) is 6.54 Å². The van der Waals surface area contributed by atoms with Gasteiger partial charge in [0.2, 0.25) is 5.95 Å². The van der Waals surface area contributed by atoms with Crippen LogP contribution in [0.3, 0.4) is 0 Å². The summed E-state index contributed by atoms with van der Waals surface area (Å²) in [6, 6.07) is 0. The van der Waals surface area contributed by atoms with Crippen molar-refractivity contribution < 1.29 is 9.90 Å². The van der Waals surface area contributed by atoms with Crippen LogP contribution in [0.2, 0.25) is 0 Å². The van der Waals surface area contributed by atoms with E-state index in [1.165, 1.54) is 10.9 Å². The van der Waals surface area contributed by atoms with Crippen LogP contribution in [-0.4, -0.2) is 42.6 Å². The predicted molar refractivity (Wildman–Crippen MR) is 62.2 cm³/mol. The number of hydrogen-bond donors (Lipinski definition) is 2. The van der Waals surface area contributed by atoms with Gasteiger partial charge < -0.3 is 10.4 Å². The molecule has 0 saturated carbocycles. The number of carbonyl (C=O) groups is 1. The van der Waals surface area contributed by atoms with Gasteiger partial charge in [-0.15, -0.1) is 5.10 Å². The van der Waals surface area contributed by atoms with Gasteiger partial charge in [-0.1, -0.05) is 5.21 Å². The minimum absolute atomic E-state index is 0.0680. The molecule has 8 nitrogen and oxygen atoms in total. The van der Waals surface area contributed by atoms with Crippen molar-refractivity contribution in [1.82, 2.24) is 25.0 Å². The zero-order valence-corrected chi connectivity index (χ0v) is 9.74. The number of hydrogen-bond acceptors (Lipinski definition) is 6. The van der Waals surface area contributed by atoms with Gasteiger partial charge >= 0.3 is 5.97 Å². The molecule has 2 aromatic rings. The smallest absolute Gasteiger partial charge is 0.358 e. The van der Waals surface area contributed by atoms with Crippen molar-refractivity contribution in [3.05, 3.63) is 29.8 Å². The minimum Gasteiger partial charge on any atom is -0.476 e. The molecule has 0 fully saturated rings. The van der Waals surface area contributed by atoms with E-state index in [2.05, 4.69) is 25.6 Å². The first kappa shape index (κ1) is 12.0. The third-order valence-electron chi connectivity index (χ3n) is 2.16. The largest absolute Gasteiger partial charge is 0.476 e. The van der Waals surface area contributed by atoms with Gasteiger partial charge in [0.05, 0.1) is 12.7 Å². The molecule has 2 rings (SSSR count). The molecule has 0 spiro atoms. The second-order valence-corrected chi connectivity index (χ2v) is 3.68. The van der Waals surface area contributed by atoms with Crippen LogP contribution in [0.5, 0.6) is 0 Å². The molecule has 0 aliphatic rings. The summed E-state index contributed by atoms with van der Waals surface area (Å²) >= 11 is 0. The lowest BCUT2D eigenvalue weighted by Crippen LogP contribution is -2.12. The Morgan fingerprint density at radius 2 is 2.17 bits per heavy atom. The van der Waals surface area contributed by atoms with Crippen LogP contribution in [0.1, 0.15) is 16.1 Å². The molecule has 0 aromatic carbocycles. The fraction of sp³-hybridized carbons (Fsp3) is 0.300. The number of nitrogens with one attached hydrogen (secondary N) is 1. The van der Waals surface area contributed by atoms with E-state index >= 15 is 0 Å². The third-order valence-corrected chi connectivity index (χ3v) is 2.16. The van der Waals surface area contributed by atoms with Gasteiger partial charge in [0.15, 0.2) is 5.69 Å². The van der Waals surface area contributed by atoms with E-state index in [1.54, 1.807) is 12.4 Å². The van der Waals surface area contributed by atoms with Crippen molar-refractivity contribution in [2.24, 2.45) is 0 Å². The molecule has 0 aliphatic carbocycles. The Bertz CT molecular complexity index is 536. The Hall–Kier alpha value is -2.51. The normalized spacial score (nSPS) is 10.3. The number of nitrogens with zero attached hydrogens (tertiary/aromatic N) is 5. The molecule has 0 radical (unpaired) electrons. The Morgan fingerprint density at radius 1 is 1.44 bits per heavy atom. The number of carboxylic acids is 1. The molecule has 0 atom stereocenters. The van der Waals surface area contributed by atoms with Gasteiger partial charge in [0.25, 0.3) is 0 Å². The summed E-state index contributed by atoms with van der Waals surface area (Å²) in [4.78, 5) is 18.8. The van der Waals surface area contributed by atoms with Crippen LogP contribution < -0.4 is 5.32 Å². The van der Waals surface area contributed by atoms with E-state index in [-0.39, 0.29) is 5.69 Å². The van der Waals surface area contributed by atoms with Gasteiger partial charge in [0, 0.05) is 18.9 Å². The monoisotopic (exact) mass is 248 g/mol. The van der Waals surface area contributed by atoms with Crippen molar-refractivity contribution in [2.75, 3.05) is 11.9 Å². The molecule has 0 saturated heterocycles. The van der Waals surface area contributed by atoms with Gasteiger partial charge in [-0.05, 0) is 12.5 Å². The average Bonchev–Trinajstić information content (AvgIpc) is 2.81. The minimum atomic E-state index is -1.09. The van der Waals surface area contributed by atoms with E-state index in [0.29, 0.717) is 19.0 Å². The lowest BCUT2D eigenvalue weighted by molar-refractivity contribution is 0.0690. The SMILES string of the molecule is Cc1cnc(NCCn2cc(C(=O)O)nn2)nc1. The fourth-order valence-corrected chi connectivity index (χ4v) is 1.27. The van der Waals surface area contributed by atoms with Crippen molar-refractivity contribution in [3.8, 4) is 0 Å². The molecule has 0 bridgehead atoms. The number of aryl methyl sites for hydroxylation is 1. The van der Waals surface area contributed by atoms with Crippen LogP contribution in [0.25, 0.3) is 0 Å². The predicted octanol–water partition coefficient (Wildman–Crippen LogP) is 0.187. The molecule has 2 heterocycles. The van der Waals surface area contributed by atoms with Crippen LogP contribution in [0, 0.1) is 6.92 Å². The quantitative estimate of drug-likeness (QED) is 0.777. The maximum absolute atomic E-state index is 10.6. The fourth-order valence-electron chi connectivity index (χ4n) is 1.27. The van der Waals surface area contributed by atoms with E-state index < -0.39 is 5.97 Å². The van der Waals surface area contributed by atoms with Crippen LogP contribution in [0.4, 0.5) is 5.95 Å². The Kier molecular flexibility index (Phi) is 3.46. The zero-order valence-electron chi connectivity index (χ0n) is 9.74. The Morgan fingerprint density at radius 3 is 2.78 bits per heavy atom. The highest BCUT2D eigenvalue weighted by molar-refractivity contribution is 5.84. The summed E-state index contributed by atoms with van der Waals surface area (Å²) in [5.41, 5.74) is 0.921. The summed E-state index contributed by atoms with van der Waals surface area (Å²) in [7, 11) is 0. The number of aromatic carboxylic acids is 1. The second-order valence-electron chi connectivity index (χ2n) is 3.68. The Balaban J connectivity index is 1.84. The number of carboxylic acid groups (broad SMARTS) is 1. The van der Waals surface area contributed by atoms with Gasteiger partial charge in [-0.25, -0.2) is 19.4 Å². The molecule has 2 N–H and O–H groups in total. The Labute approximate surface area is 103 Å². The molecule has 2 aromatic heterocycles. The van der Waals surface area contributed by atoms with Crippen molar-refractivity contribution in [2.45, 2.75) is 13.5 Å². The third kappa shape index (κ3) is 3.00. The summed E-state index contributed by atoms with van der Waals surface area (Å²) in [5.74, 6) is -0.560.